The third-order valence-electron chi connectivity index (χ3n) is 6.35. The second kappa shape index (κ2) is 23.9. The third-order valence-corrected chi connectivity index (χ3v) is 6.35. The molecule has 1 atom stereocenters. The smallest absolute Gasteiger partial charge is 0.132 e. The van der Waals surface area contributed by atoms with E-state index >= 15 is 0 Å². The molecule has 4 heteroatoms. The predicted octanol–water partition coefficient (Wildman–Crippen LogP) is 8.05. The van der Waals surface area contributed by atoms with E-state index in [1.165, 1.54) is 69.3 Å². The van der Waals surface area contributed by atoms with Crippen LogP contribution < -0.4 is 0 Å². The van der Waals surface area contributed by atoms with Gasteiger partial charge in [-0.3, -0.25) is 4.79 Å². The van der Waals surface area contributed by atoms with Crippen LogP contribution in [0.1, 0.15) is 149 Å². The highest BCUT2D eigenvalue weighted by atomic mass is 16.5. The van der Waals surface area contributed by atoms with Crippen molar-refractivity contribution in [3.05, 3.63) is 0 Å². The monoisotopic (exact) mass is 439 g/mol. The van der Waals surface area contributed by atoms with Gasteiger partial charge in [-0.2, -0.15) is 5.06 Å². The summed E-state index contributed by atoms with van der Waals surface area (Å²) in [4.78, 5) is 22.1. The molecule has 0 fully saturated rings. The number of ketones is 1. The maximum atomic E-state index is 11.9. The zero-order valence-corrected chi connectivity index (χ0v) is 20.9. The molecule has 1 N–H and O–H groups in total. The molecule has 0 heterocycles. The minimum absolute atomic E-state index is 0.239. The Morgan fingerprint density at radius 1 is 0.742 bits per heavy atom. The van der Waals surface area contributed by atoms with E-state index in [4.69, 9.17) is 0 Å². The van der Waals surface area contributed by atoms with Crippen LogP contribution in [0, 0.1) is 0 Å². The zero-order chi connectivity index (χ0) is 23.0. The summed E-state index contributed by atoms with van der Waals surface area (Å²) in [5.74, 6) is 0.469. The Bertz CT molecular complexity index is 400. The number of carbonyl (C=O) groups is 2. The molecule has 0 amide bonds. The molecule has 0 radical (unpaired) electrons. The average molecular weight is 440 g/mol. The van der Waals surface area contributed by atoms with Crippen molar-refractivity contribution in [1.29, 1.82) is 0 Å². The number of aldehydes is 1. The first-order chi connectivity index (χ1) is 15.1. The summed E-state index contributed by atoms with van der Waals surface area (Å²) < 4.78 is 0. The number of hydroxylamine groups is 2. The normalized spacial score (nSPS) is 12.4. The molecule has 184 valence electrons. The van der Waals surface area contributed by atoms with Gasteiger partial charge in [-0.05, 0) is 39.0 Å². The zero-order valence-electron chi connectivity index (χ0n) is 20.9. The topological polar surface area (TPSA) is 57.6 Å². The van der Waals surface area contributed by atoms with E-state index in [0.29, 0.717) is 12.2 Å². The van der Waals surface area contributed by atoms with Gasteiger partial charge < -0.3 is 10.0 Å². The van der Waals surface area contributed by atoms with Crippen LogP contribution in [0.5, 0.6) is 0 Å². The Hall–Kier alpha value is -0.740. The number of Topliss-reactive ketones (excluding diaryl/α,β-unsaturated/α-hetero) is 1. The fourth-order valence-corrected chi connectivity index (χ4v) is 4.10. The van der Waals surface area contributed by atoms with Gasteiger partial charge in [-0.15, -0.1) is 0 Å². The molecule has 0 aliphatic rings. The molecule has 0 saturated heterocycles. The Balaban J connectivity index is 3.38. The maximum Gasteiger partial charge on any atom is 0.132 e. The van der Waals surface area contributed by atoms with Crippen LogP contribution in [0.4, 0.5) is 0 Å². The molecule has 0 aromatic carbocycles. The lowest BCUT2D eigenvalue weighted by Crippen LogP contribution is -2.30. The largest absolute Gasteiger partial charge is 0.314 e. The van der Waals surface area contributed by atoms with Gasteiger partial charge in [0.05, 0.1) is 0 Å². The van der Waals surface area contributed by atoms with Crippen LogP contribution in [0.15, 0.2) is 0 Å². The highest BCUT2D eigenvalue weighted by Crippen LogP contribution is 2.14. The van der Waals surface area contributed by atoms with Gasteiger partial charge in [0.2, 0.25) is 0 Å². The first-order valence-corrected chi connectivity index (χ1v) is 13.5. The molecule has 0 bridgehead atoms. The summed E-state index contributed by atoms with van der Waals surface area (Å²) in [5, 5.41) is 11.7. The molecule has 0 rings (SSSR count). The molecular weight excluding hydrogens is 386 g/mol. The second-order valence-electron chi connectivity index (χ2n) is 9.45. The van der Waals surface area contributed by atoms with Crippen molar-refractivity contribution < 1.29 is 14.8 Å². The molecule has 0 aromatic heterocycles. The standard InChI is InChI=1S/C27H53NO3/c1-3-4-5-11-17-22-27(30)23-18-13-8-6-7-12-16-21-26(2)28(31)24-19-14-9-10-15-20-25-29/h25-26,31H,3-24H2,1-2H3. The van der Waals surface area contributed by atoms with Crippen LogP contribution in [0.3, 0.4) is 0 Å². The Morgan fingerprint density at radius 3 is 1.81 bits per heavy atom. The third kappa shape index (κ3) is 22.3. The molecule has 0 aliphatic carbocycles. The number of nitrogens with zero attached hydrogens (tertiary/aromatic N) is 1. The quantitative estimate of drug-likeness (QED) is 0.0888. The van der Waals surface area contributed by atoms with E-state index in [2.05, 4.69) is 13.8 Å². The van der Waals surface area contributed by atoms with Crippen molar-refractivity contribution in [2.75, 3.05) is 6.54 Å². The van der Waals surface area contributed by atoms with Gasteiger partial charge in [0.25, 0.3) is 0 Å². The van der Waals surface area contributed by atoms with Gasteiger partial charge in [0.15, 0.2) is 0 Å². The lowest BCUT2D eigenvalue weighted by molar-refractivity contribution is -0.124. The van der Waals surface area contributed by atoms with Crippen LogP contribution >= 0.6 is 0 Å². The van der Waals surface area contributed by atoms with Gasteiger partial charge >= 0.3 is 0 Å². The molecule has 4 nitrogen and oxygen atoms in total. The molecule has 1 unspecified atom stereocenters. The lowest BCUT2D eigenvalue weighted by Gasteiger charge is -2.22. The lowest BCUT2D eigenvalue weighted by atomic mass is 10.0. The summed E-state index contributed by atoms with van der Waals surface area (Å²) in [6.45, 7) is 5.09. The first kappa shape index (κ1) is 30.3. The average Bonchev–Trinajstić information content (AvgIpc) is 2.76. The number of hydrogen-bond donors (Lipinski definition) is 1. The van der Waals surface area contributed by atoms with Crippen LogP contribution in [0.25, 0.3) is 0 Å². The first-order valence-electron chi connectivity index (χ1n) is 13.5. The van der Waals surface area contributed by atoms with Crippen molar-refractivity contribution >= 4 is 12.1 Å². The Morgan fingerprint density at radius 2 is 1.23 bits per heavy atom. The van der Waals surface area contributed by atoms with E-state index in [1.54, 1.807) is 0 Å². The van der Waals surface area contributed by atoms with Gasteiger partial charge in [-0.25, -0.2) is 0 Å². The molecule has 0 saturated carbocycles. The molecule has 0 spiro atoms. The summed E-state index contributed by atoms with van der Waals surface area (Å²) in [6, 6.07) is 0.239. The second-order valence-corrected chi connectivity index (χ2v) is 9.45. The van der Waals surface area contributed by atoms with E-state index in [1.807, 2.05) is 0 Å². The minimum Gasteiger partial charge on any atom is -0.314 e. The van der Waals surface area contributed by atoms with Crippen molar-refractivity contribution in [3.8, 4) is 0 Å². The number of carbonyl (C=O) groups excluding carboxylic acids is 2. The summed E-state index contributed by atoms with van der Waals surface area (Å²) in [7, 11) is 0. The predicted molar refractivity (Wildman–Crippen MR) is 132 cm³/mol. The summed E-state index contributed by atoms with van der Waals surface area (Å²) in [5.41, 5.74) is 0. The van der Waals surface area contributed by atoms with Crippen molar-refractivity contribution in [1.82, 2.24) is 5.06 Å². The van der Waals surface area contributed by atoms with Crippen molar-refractivity contribution in [3.63, 3.8) is 0 Å². The number of rotatable bonds is 25. The van der Waals surface area contributed by atoms with Crippen LogP contribution in [-0.4, -0.2) is 34.9 Å². The fraction of sp³-hybridized carbons (Fsp3) is 0.926. The van der Waals surface area contributed by atoms with E-state index in [9.17, 15) is 14.8 Å². The Labute approximate surface area is 193 Å². The highest BCUT2D eigenvalue weighted by molar-refractivity contribution is 5.78. The number of hydrogen-bond acceptors (Lipinski definition) is 4. The minimum atomic E-state index is 0.239. The molecule has 0 aromatic rings. The van der Waals surface area contributed by atoms with Gasteiger partial charge in [-0.1, -0.05) is 90.4 Å². The Kier molecular flexibility index (Phi) is 23.3. The number of unbranched alkanes of at least 4 members (excludes halogenated alkanes) is 15. The summed E-state index contributed by atoms with van der Waals surface area (Å²) in [6.07, 6.45) is 24.4. The van der Waals surface area contributed by atoms with E-state index in [0.717, 1.165) is 77.0 Å². The van der Waals surface area contributed by atoms with Gasteiger partial charge in [0.1, 0.15) is 12.1 Å². The summed E-state index contributed by atoms with van der Waals surface area (Å²) >= 11 is 0. The molecular formula is C27H53NO3. The van der Waals surface area contributed by atoms with Crippen molar-refractivity contribution in [2.45, 2.75) is 155 Å². The maximum absolute atomic E-state index is 11.9. The van der Waals surface area contributed by atoms with Crippen molar-refractivity contribution in [2.24, 2.45) is 0 Å². The molecule has 0 aliphatic heterocycles. The van der Waals surface area contributed by atoms with Gasteiger partial charge in [0, 0.05) is 31.8 Å². The van der Waals surface area contributed by atoms with Crippen LogP contribution in [0.2, 0.25) is 0 Å². The SMILES string of the molecule is CCCCCCCC(=O)CCCCCCCCCC(C)N(O)CCCCCCCC=O. The van der Waals surface area contributed by atoms with Crippen LogP contribution in [-0.2, 0) is 9.59 Å². The van der Waals surface area contributed by atoms with E-state index in [-0.39, 0.29) is 6.04 Å². The highest BCUT2D eigenvalue weighted by Gasteiger charge is 2.10. The van der Waals surface area contributed by atoms with E-state index < -0.39 is 0 Å². The fourth-order valence-electron chi connectivity index (χ4n) is 4.10. The molecule has 31 heavy (non-hydrogen) atoms.